The van der Waals surface area contributed by atoms with Crippen LogP contribution >= 0.6 is 22.7 Å². The predicted octanol–water partition coefficient (Wildman–Crippen LogP) is 4.82. The Hall–Kier alpha value is -2.78. The smallest absolute Gasteiger partial charge is 0.257 e. The van der Waals surface area contributed by atoms with Crippen LogP contribution in [0.5, 0.6) is 5.75 Å². The van der Waals surface area contributed by atoms with E-state index in [-0.39, 0.29) is 17.7 Å². The van der Waals surface area contributed by atoms with Crippen molar-refractivity contribution in [1.29, 1.82) is 0 Å². The Morgan fingerprint density at radius 3 is 2.48 bits per heavy atom. The Morgan fingerprint density at radius 2 is 1.83 bits per heavy atom. The predicted molar refractivity (Wildman–Crippen MR) is 117 cm³/mol. The molecule has 0 bridgehead atoms. The molecule has 29 heavy (non-hydrogen) atoms. The number of benzene rings is 1. The molecular weight excluding hydrogens is 408 g/mol. The van der Waals surface area contributed by atoms with Crippen LogP contribution in [0.1, 0.15) is 36.3 Å². The number of hydrogen-bond donors (Lipinski definition) is 2. The van der Waals surface area contributed by atoms with Crippen LogP contribution < -0.4 is 15.4 Å². The van der Waals surface area contributed by atoms with Gasteiger partial charge in [0, 0.05) is 17.4 Å². The van der Waals surface area contributed by atoms with Crippen LogP contribution in [0.25, 0.3) is 10.6 Å². The van der Waals surface area contributed by atoms with Crippen molar-refractivity contribution in [2.24, 2.45) is 5.92 Å². The molecule has 152 valence electrons. The summed E-state index contributed by atoms with van der Waals surface area (Å²) < 4.78 is 5.11. The minimum atomic E-state index is -0.243. The molecule has 2 heterocycles. The van der Waals surface area contributed by atoms with E-state index < -0.39 is 0 Å². The van der Waals surface area contributed by atoms with Crippen molar-refractivity contribution in [3.63, 3.8) is 0 Å². The van der Waals surface area contributed by atoms with Gasteiger partial charge in [-0.3, -0.25) is 14.9 Å². The van der Waals surface area contributed by atoms with Gasteiger partial charge in [-0.25, -0.2) is 9.97 Å². The third-order valence-corrected chi connectivity index (χ3v) is 5.80. The lowest BCUT2D eigenvalue weighted by molar-refractivity contribution is -0.116. The Bertz CT molecular complexity index is 1010. The maximum Gasteiger partial charge on any atom is 0.257 e. The van der Waals surface area contributed by atoms with Crippen LogP contribution in [0.4, 0.5) is 10.3 Å². The summed E-state index contributed by atoms with van der Waals surface area (Å²) in [6.07, 6.45) is 0.454. The molecule has 2 amide bonds. The van der Waals surface area contributed by atoms with Gasteiger partial charge in [0.2, 0.25) is 5.91 Å². The number of ether oxygens (including phenoxy) is 1. The topological polar surface area (TPSA) is 93.2 Å². The van der Waals surface area contributed by atoms with Gasteiger partial charge in [-0.1, -0.05) is 25.2 Å². The molecule has 0 spiro atoms. The highest BCUT2D eigenvalue weighted by atomic mass is 32.1. The SMILES string of the molecule is COc1ccc(C(=O)Nc2nc(C)c(-c3csc(NC(=O)CC(C)C)n3)s2)cc1. The molecule has 3 aromatic rings. The molecule has 0 aliphatic heterocycles. The second-order valence-corrected chi connectivity index (χ2v) is 8.66. The molecule has 0 radical (unpaired) electrons. The molecule has 0 atom stereocenters. The number of rotatable bonds is 7. The zero-order valence-corrected chi connectivity index (χ0v) is 18.2. The van der Waals surface area contributed by atoms with Crippen molar-refractivity contribution in [3.8, 4) is 16.3 Å². The summed E-state index contributed by atoms with van der Waals surface area (Å²) in [5, 5.41) is 8.58. The van der Waals surface area contributed by atoms with Gasteiger partial charge in [0.25, 0.3) is 5.91 Å². The van der Waals surface area contributed by atoms with E-state index in [2.05, 4.69) is 20.6 Å². The maximum absolute atomic E-state index is 12.4. The first kappa shape index (κ1) is 20.9. The molecule has 9 heteroatoms. The van der Waals surface area contributed by atoms with E-state index in [1.807, 2.05) is 26.2 Å². The van der Waals surface area contributed by atoms with Gasteiger partial charge in [0.05, 0.1) is 23.4 Å². The van der Waals surface area contributed by atoms with Gasteiger partial charge in [-0.2, -0.15) is 0 Å². The molecule has 0 aliphatic carbocycles. The largest absolute Gasteiger partial charge is 0.497 e. The third kappa shape index (κ3) is 5.39. The average molecular weight is 431 g/mol. The highest BCUT2D eigenvalue weighted by Gasteiger charge is 2.16. The molecule has 2 aromatic heterocycles. The molecular formula is C20H22N4O3S2. The Labute approximate surface area is 177 Å². The highest BCUT2D eigenvalue weighted by molar-refractivity contribution is 7.20. The number of nitrogens with zero attached hydrogens (tertiary/aromatic N) is 2. The van der Waals surface area contributed by atoms with Crippen molar-refractivity contribution in [1.82, 2.24) is 9.97 Å². The molecule has 0 fully saturated rings. The Balaban J connectivity index is 1.70. The summed E-state index contributed by atoms with van der Waals surface area (Å²) in [5.41, 5.74) is 2.02. The van der Waals surface area contributed by atoms with Crippen LogP contribution in [0.3, 0.4) is 0 Å². The number of carbonyl (C=O) groups is 2. The normalized spacial score (nSPS) is 10.8. The summed E-state index contributed by atoms with van der Waals surface area (Å²) in [5.74, 6) is 0.686. The summed E-state index contributed by atoms with van der Waals surface area (Å²) >= 11 is 2.72. The van der Waals surface area contributed by atoms with Crippen LogP contribution in [-0.4, -0.2) is 28.9 Å². The zero-order valence-electron chi connectivity index (χ0n) is 16.6. The lowest BCUT2D eigenvalue weighted by Gasteiger charge is -2.03. The number of aromatic nitrogens is 2. The van der Waals surface area contributed by atoms with Crippen LogP contribution in [0.2, 0.25) is 0 Å². The number of aryl methyl sites for hydroxylation is 1. The monoisotopic (exact) mass is 430 g/mol. The van der Waals surface area contributed by atoms with Crippen molar-refractivity contribution < 1.29 is 14.3 Å². The quantitative estimate of drug-likeness (QED) is 0.560. The van der Waals surface area contributed by atoms with E-state index in [9.17, 15) is 9.59 Å². The summed E-state index contributed by atoms with van der Waals surface area (Å²) in [4.78, 5) is 34.1. The van der Waals surface area contributed by atoms with Gasteiger partial charge < -0.3 is 10.1 Å². The molecule has 0 saturated carbocycles. The van der Waals surface area contributed by atoms with E-state index in [1.54, 1.807) is 31.4 Å². The highest BCUT2D eigenvalue weighted by Crippen LogP contribution is 2.34. The molecule has 2 N–H and O–H groups in total. The van der Waals surface area contributed by atoms with Crippen molar-refractivity contribution >= 4 is 44.8 Å². The number of hydrogen-bond acceptors (Lipinski definition) is 7. The number of amides is 2. The lowest BCUT2D eigenvalue weighted by atomic mass is 10.1. The fourth-order valence-electron chi connectivity index (χ4n) is 2.58. The molecule has 0 saturated heterocycles. The van der Waals surface area contributed by atoms with Crippen LogP contribution in [0.15, 0.2) is 29.6 Å². The van der Waals surface area contributed by atoms with Gasteiger partial charge in [0.1, 0.15) is 5.75 Å². The van der Waals surface area contributed by atoms with Crippen molar-refractivity contribution in [3.05, 3.63) is 40.9 Å². The molecule has 1 aromatic carbocycles. The number of thiazole rings is 2. The molecule has 0 aliphatic rings. The van der Waals surface area contributed by atoms with E-state index in [4.69, 9.17) is 4.74 Å². The Kier molecular flexibility index (Phi) is 6.60. The first-order valence-corrected chi connectivity index (χ1v) is 10.7. The maximum atomic E-state index is 12.4. The number of nitrogens with one attached hydrogen (secondary N) is 2. The molecule has 0 unspecified atom stereocenters. The second-order valence-electron chi connectivity index (χ2n) is 6.80. The number of anilines is 2. The van der Waals surface area contributed by atoms with Gasteiger partial charge in [-0.15, -0.1) is 11.3 Å². The first-order valence-electron chi connectivity index (χ1n) is 9.04. The minimum absolute atomic E-state index is 0.0469. The molecule has 7 nitrogen and oxygen atoms in total. The zero-order chi connectivity index (χ0) is 21.0. The Morgan fingerprint density at radius 1 is 1.10 bits per heavy atom. The summed E-state index contributed by atoms with van der Waals surface area (Å²) in [7, 11) is 1.58. The van der Waals surface area contributed by atoms with Gasteiger partial charge in [-0.05, 0) is 37.1 Å². The fraction of sp³-hybridized carbons (Fsp3) is 0.300. The number of carbonyl (C=O) groups excluding carboxylic acids is 2. The van der Waals surface area contributed by atoms with E-state index in [0.717, 1.165) is 16.3 Å². The van der Waals surface area contributed by atoms with Gasteiger partial charge in [0.15, 0.2) is 10.3 Å². The lowest BCUT2D eigenvalue weighted by Crippen LogP contribution is -2.13. The van der Waals surface area contributed by atoms with Gasteiger partial charge >= 0.3 is 0 Å². The van der Waals surface area contributed by atoms with E-state index in [1.165, 1.54) is 22.7 Å². The number of methoxy groups -OCH3 is 1. The van der Waals surface area contributed by atoms with Crippen molar-refractivity contribution in [2.45, 2.75) is 27.2 Å². The summed E-state index contributed by atoms with van der Waals surface area (Å²) in [6, 6.07) is 6.86. The minimum Gasteiger partial charge on any atom is -0.497 e. The fourth-order valence-corrected chi connectivity index (χ4v) is 4.29. The standard InChI is InChI=1S/C20H22N4O3S2/c1-11(2)9-16(25)23-19-22-15(10-28-19)17-12(3)21-20(29-17)24-18(26)13-5-7-14(27-4)8-6-13/h5-8,10-11H,9H2,1-4H3,(H,21,24,26)(H,22,23,25). The van der Waals surface area contributed by atoms with E-state index in [0.29, 0.717) is 28.0 Å². The van der Waals surface area contributed by atoms with Crippen LogP contribution in [0, 0.1) is 12.8 Å². The first-order chi connectivity index (χ1) is 13.9. The summed E-state index contributed by atoms with van der Waals surface area (Å²) in [6.45, 7) is 5.86. The third-order valence-electron chi connectivity index (χ3n) is 3.95. The molecule has 3 rings (SSSR count). The average Bonchev–Trinajstić information content (AvgIpc) is 3.27. The van der Waals surface area contributed by atoms with E-state index >= 15 is 0 Å². The van der Waals surface area contributed by atoms with Crippen LogP contribution in [-0.2, 0) is 4.79 Å². The van der Waals surface area contributed by atoms with Crippen molar-refractivity contribution in [2.75, 3.05) is 17.7 Å². The second kappa shape index (κ2) is 9.15.